The molecule has 0 saturated heterocycles. The molecule has 0 fully saturated rings. The quantitative estimate of drug-likeness (QED) is 0.791. The van der Waals surface area contributed by atoms with Crippen LogP contribution in [0.15, 0.2) is 24.4 Å². The lowest BCUT2D eigenvalue weighted by molar-refractivity contribution is 0.141. The first-order valence-electron chi connectivity index (χ1n) is 6.63. The lowest BCUT2D eigenvalue weighted by atomic mass is 10.2. The molecule has 0 unspecified atom stereocenters. The number of hydrogen-bond acceptors (Lipinski definition) is 4. The molecule has 1 aliphatic rings. The predicted molar refractivity (Wildman–Crippen MR) is 72.9 cm³/mol. The summed E-state index contributed by atoms with van der Waals surface area (Å²) >= 11 is 0. The van der Waals surface area contributed by atoms with Crippen molar-refractivity contribution in [1.29, 1.82) is 0 Å². The highest BCUT2D eigenvalue weighted by molar-refractivity contribution is 5.89. The summed E-state index contributed by atoms with van der Waals surface area (Å²) in [5.41, 5.74) is 2.18. The van der Waals surface area contributed by atoms with Gasteiger partial charge in [-0.2, -0.15) is 5.10 Å². The second-order valence-electron chi connectivity index (χ2n) is 5.10. The molecule has 0 saturated carbocycles. The Hall–Kier alpha value is -2.64. The maximum atomic E-state index is 13.5. The van der Waals surface area contributed by atoms with Crippen molar-refractivity contribution < 1.29 is 13.2 Å². The number of H-pyrrole nitrogens is 1. The van der Waals surface area contributed by atoms with Gasteiger partial charge in [-0.15, -0.1) is 0 Å². The van der Waals surface area contributed by atoms with Gasteiger partial charge in [0.1, 0.15) is 11.6 Å². The molecule has 5 nitrogen and oxygen atoms in total. The molecule has 1 N–H and O–H groups in total. The monoisotopic (exact) mass is 305 g/mol. The van der Waals surface area contributed by atoms with E-state index in [4.69, 9.17) is 0 Å². The van der Waals surface area contributed by atoms with E-state index < -0.39 is 18.1 Å². The summed E-state index contributed by atoms with van der Waals surface area (Å²) in [4.78, 5) is 9.56. The molecular formula is C14H10F3N5. The van der Waals surface area contributed by atoms with Crippen molar-refractivity contribution in [1.82, 2.24) is 20.2 Å². The second kappa shape index (κ2) is 4.69. The van der Waals surface area contributed by atoms with Gasteiger partial charge < -0.3 is 4.90 Å². The van der Waals surface area contributed by atoms with E-state index in [1.165, 1.54) is 18.2 Å². The molecule has 0 aliphatic carbocycles. The summed E-state index contributed by atoms with van der Waals surface area (Å²) in [5, 5.41) is 7.21. The van der Waals surface area contributed by atoms with Gasteiger partial charge in [0, 0.05) is 17.5 Å². The molecule has 0 atom stereocenters. The van der Waals surface area contributed by atoms with E-state index in [9.17, 15) is 13.2 Å². The molecule has 3 heterocycles. The van der Waals surface area contributed by atoms with E-state index in [-0.39, 0.29) is 0 Å². The average Bonchev–Trinajstić information content (AvgIpc) is 3.07. The van der Waals surface area contributed by atoms with Crippen molar-refractivity contribution in [3.63, 3.8) is 0 Å². The van der Waals surface area contributed by atoms with Crippen LogP contribution in [0.4, 0.5) is 19.0 Å². The highest BCUT2D eigenvalue weighted by Gasteiger charge is 2.25. The van der Waals surface area contributed by atoms with Crippen LogP contribution in [-0.2, 0) is 13.1 Å². The lowest BCUT2D eigenvalue weighted by Gasteiger charge is -2.19. The number of nitrogens with zero attached hydrogens (tertiary/aromatic N) is 4. The fraction of sp³-hybridized carbons (Fsp3) is 0.214. The molecule has 0 radical (unpaired) electrons. The van der Waals surface area contributed by atoms with Crippen molar-refractivity contribution in [3.05, 3.63) is 47.3 Å². The number of aromatic nitrogens is 4. The number of fused-ring (bicyclic) bond motifs is 2. The van der Waals surface area contributed by atoms with Gasteiger partial charge in [0.05, 0.1) is 24.0 Å². The second-order valence-corrected chi connectivity index (χ2v) is 5.10. The standard InChI is InChI=1S/C14H10F3N5/c15-8-1-2-10-9(3-8)14(20-13(19-10)12(16)17)22-5-7-4-18-21-11(7)6-22/h1-4,12H,5-6H2,(H,18,21). The van der Waals surface area contributed by atoms with Gasteiger partial charge in [-0.25, -0.2) is 23.1 Å². The van der Waals surface area contributed by atoms with Crippen molar-refractivity contribution in [2.45, 2.75) is 19.5 Å². The third-order valence-corrected chi connectivity index (χ3v) is 3.67. The van der Waals surface area contributed by atoms with Crippen LogP contribution < -0.4 is 4.90 Å². The van der Waals surface area contributed by atoms with E-state index >= 15 is 0 Å². The summed E-state index contributed by atoms with van der Waals surface area (Å²) in [6.45, 7) is 0.942. The number of alkyl halides is 2. The predicted octanol–water partition coefficient (Wildman–Crippen LogP) is 2.95. The van der Waals surface area contributed by atoms with Gasteiger partial charge in [0.2, 0.25) is 0 Å². The van der Waals surface area contributed by atoms with Gasteiger partial charge in [0.15, 0.2) is 5.82 Å². The summed E-state index contributed by atoms with van der Waals surface area (Å²) in [5.74, 6) is -0.700. The zero-order valence-corrected chi connectivity index (χ0v) is 11.2. The van der Waals surface area contributed by atoms with Crippen LogP contribution in [0, 0.1) is 5.82 Å². The molecule has 1 aliphatic heterocycles. The first kappa shape index (κ1) is 13.1. The molecule has 4 rings (SSSR count). The largest absolute Gasteiger partial charge is 0.346 e. The van der Waals surface area contributed by atoms with Crippen molar-refractivity contribution in [2.24, 2.45) is 0 Å². The van der Waals surface area contributed by atoms with E-state index in [0.717, 1.165) is 11.3 Å². The van der Waals surface area contributed by atoms with Gasteiger partial charge >= 0.3 is 0 Å². The van der Waals surface area contributed by atoms with Gasteiger partial charge in [-0.1, -0.05) is 0 Å². The third-order valence-electron chi connectivity index (χ3n) is 3.67. The van der Waals surface area contributed by atoms with Crippen LogP contribution in [0.1, 0.15) is 23.5 Å². The first-order chi connectivity index (χ1) is 10.6. The Bertz CT molecular complexity index is 840. The molecule has 22 heavy (non-hydrogen) atoms. The summed E-state index contributed by atoms with van der Waals surface area (Å²) < 4.78 is 39.5. The number of rotatable bonds is 2. The third kappa shape index (κ3) is 1.99. The molecule has 112 valence electrons. The number of benzene rings is 1. The first-order valence-corrected chi connectivity index (χ1v) is 6.63. The highest BCUT2D eigenvalue weighted by atomic mass is 19.3. The number of anilines is 1. The van der Waals surface area contributed by atoms with Gasteiger partial charge in [0.25, 0.3) is 6.43 Å². The van der Waals surface area contributed by atoms with Gasteiger partial charge in [-0.3, -0.25) is 5.10 Å². The number of hydrogen-bond donors (Lipinski definition) is 1. The zero-order chi connectivity index (χ0) is 15.3. The van der Waals surface area contributed by atoms with E-state index in [0.29, 0.717) is 29.8 Å². The van der Waals surface area contributed by atoms with E-state index in [1.54, 1.807) is 11.1 Å². The zero-order valence-electron chi connectivity index (χ0n) is 11.2. The SMILES string of the molecule is Fc1ccc2nc(C(F)F)nc(N3Cc4cn[nH]c4C3)c2c1. The highest BCUT2D eigenvalue weighted by Crippen LogP contribution is 2.32. The van der Waals surface area contributed by atoms with Crippen LogP contribution >= 0.6 is 0 Å². The van der Waals surface area contributed by atoms with Crippen LogP contribution in [0.2, 0.25) is 0 Å². The molecule has 3 aromatic rings. The van der Waals surface area contributed by atoms with E-state index in [2.05, 4.69) is 20.2 Å². The fourth-order valence-corrected chi connectivity index (χ4v) is 2.65. The summed E-state index contributed by atoms with van der Waals surface area (Å²) in [6.07, 6.45) is -1.09. The fourth-order valence-electron chi connectivity index (χ4n) is 2.65. The number of aromatic amines is 1. The van der Waals surface area contributed by atoms with Crippen LogP contribution in [-0.4, -0.2) is 20.2 Å². The Balaban J connectivity index is 1.88. The Labute approximate surface area is 122 Å². The molecule has 8 heteroatoms. The Morgan fingerprint density at radius 1 is 1.18 bits per heavy atom. The number of halogens is 3. The Morgan fingerprint density at radius 3 is 2.82 bits per heavy atom. The maximum Gasteiger partial charge on any atom is 0.297 e. The minimum atomic E-state index is -2.78. The van der Waals surface area contributed by atoms with E-state index in [1.807, 2.05) is 0 Å². The number of nitrogens with one attached hydrogen (secondary N) is 1. The van der Waals surface area contributed by atoms with Gasteiger partial charge in [-0.05, 0) is 18.2 Å². The minimum Gasteiger partial charge on any atom is -0.346 e. The maximum absolute atomic E-state index is 13.5. The van der Waals surface area contributed by atoms with Crippen LogP contribution in [0.5, 0.6) is 0 Å². The lowest BCUT2D eigenvalue weighted by Crippen LogP contribution is -2.18. The van der Waals surface area contributed by atoms with Crippen molar-refractivity contribution >= 4 is 16.7 Å². The summed E-state index contributed by atoms with van der Waals surface area (Å²) in [6, 6.07) is 3.86. The van der Waals surface area contributed by atoms with Crippen molar-refractivity contribution in [2.75, 3.05) is 4.90 Å². The average molecular weight is 305 g/mol. The summed E-state index contributed by atoms with van der Waals surface area (Å²) in [7, 11) is 0. The normalized spacial score (nSPS) is 14.1. The Morgan fingerprint density at radius 2 is 2.05 bits per heavy atom. The molecule has 1 aromatic carbocycles. The van der Waals surface area contributed by atoms with Crippen LogP contribution in [0.25, 0.3) is 10.9 Å². The molecule has 0 amide bonds. The smallest absolute Gasteiger partial charge is 0.297 e. The molecule has 0 bridgehead atoms. The molecule has 2 aromatic heterocycles. The molecule has 0 spiro atoms. The molecular weight excluding hydrogens is 295 g/mol. The topological polar surface area (TPSA) is 57.7 Å². The van der Waals surface area contributed by atoms with Crippen LogP contribution in [0.3, 0.4) is 0 Å². The Kier molecular flexibility index (Phi) is 2.78. The van der Waals surface area contributed by atoms with Crippen molar-refractivity contribution in [3.8, 4) is 0 Å². The minimum absolute atomic E-state index is 0.301.